The number of para-hydroxylation sites is 2. The summed E-state index contributed by atoms with van der Waals surface area (Å²) in [5.41, 5.74) is 14.6. The number of benzene rings is 5. The molecule has 5 aromatic carbocycles. The van der Waals surface area contributed by atoms with Crippen LogP contribution < -0.4 is 0 Å². The minimum atomic E-state index is 1.04. The second-order valence-corrected chi connectivity index (χ2v) is 9.53. The first kappa shape index (κ1) is 19.4. The van der Waals surface area contributed by atoms with Gasteiger partial charge in [0.2, 0.25) is 0 Å². The molecule has 0 aliphatic heterocycles. The Morgan fingerprint density at radius 3 is 1.94 bits per heavy atom. The molecule has 6 aromatic rings. The van der Waals surface area contributed by atoms with Crippen LogP contribution in [0.2, 0.25) is 0 Å². The topological polar surface area (TPSA) is 4.93 Å². The number of fused-ring (bicyclic) bond motifs is 6. The Bertz CT molecular complexity index is 1700. The summed E-state index contributed by atoms with van der Waals surface area (Å²) in [6.45, 7) is 4.48. The van der Waals surface area contributed by atoms with Gasteiger partial charge in [-0.15, -0.1) is 0 Å². The molecule has 0 bridgehead atoms. The molecule has 1 aromatic heterocycles. The van der Waals surface area contributed by atoms with E-state index in [-0.39, 0.29) is 0 Å². The van der Waals surface area contributed by atoms with Crippen LogP contribution in [0.3, 0.4) is 0 Å². The van der Waals surface area contributed by atoms with E-state index in [0.29, 0.717) is 0 Å². The molecule has 0 N–H and O–H groups in total. The van der Waals surface area contributed by atoms with Gasteiger partial charge in [-0.1, -0.05) is 72.8 Å². The molecule has 0 radical (unpaired) electrons. The van der Waals surface area contributed by atoms with Crippen molar-refractivity contribution in [2.45, 2.75) is 20.3 Å². The quantitative estimate of drug-likeness (QED) is 0.256. The van der Waals surface area contributed by atoms with Gasteiger partial charge < -0.3 is 4.57 Å². The molecular weight excluding hydrogens is 410 g/mol. The van der Waals surface area contributed by atoms with Crippen molar-refractivity contribution in [2.24, 2.45) is 0 Å². The summed E-state index contributed by atoms with van der Waals surface area (Å²) in [7, 11) is 0. The smallest absolute Gasteiger partial charge is 0.0541 e. The Balaban J connectivity index is 1.41. The molecule has 1 aliphatic carbocycles. The van der Waals surface area contributed by atoms with Gasteiger partial charge in [-0.05, 0) is 95.1 Å². The molecule has 0 unspecified atom stereocenters. The van der Waals surface area contributed by atoms with Crippen LogP contribution in [-0.2, 0) is 6.42 Å². The van der Waals surface area contributed by atoms with E-state index in [1.54, 1.807) is 0 Å². The van der Waals surface area contributed by atoms with Crippen LogP contribution in [0, 0.1) is 13.8 Å². The molecule has 0 saturated heterocycles. The van der Waals surface area contributed by atoms with Gasteiger partial charge in [-0.3, -0.25) is 0 Å². The molecule has 7 rings (SSSR count). The second kappa shape index (κ2) is 7.20. The summed E-state index contributed by atoms with van der Waals surface area (Å²) in [5, 5.41) is 2.60. The number of hydrogen-bond acceptors (Lipinski definition) is 0. The average Bonchev–Trinajstić information content (AvgIpc) is 3.41. The summed E-state index contributed by atoms with van der Waals surface area (Å²) in [6.07, 6.45) is 1.04. The molecule has 1 nitrogen and oxygen atoms in total. The molecule has 1 heteroatoms. The van der Waals surface area contributed by atoms with Crippen molar-refractivity contribution in [3.63, 3.8) is 0 Å². The predicted molar refractivity (Wildman–Crippen MR) is 144 cm³/mol. The maximum Gasteiger partial charge on any atom is 0.0541 e. The lowest BCUT2D eigenvalue weighted by molar-refractivity contribution is 1.14. The SMILES string of the molecule is Cc1cc(-n2c3ccccc3c3ccccc32)c(C)cc1-c1ccc2c(c1)-c1ccccc1C2. The molecule has 1 aliphatic rings. The average molecular weight is 436 g/mol. The van der Waals surface area contributed by atoms with E-state index in [2.05, 4.69) is 122 Å². The standard InChI is InChI=1S/C33H25N/c1-21-18-33(34-31-13-7-5-11-27(31)28-12-6-8-14-32(28)34)22(2)17-29(21)25-16-15-24-19-23-9-3-4-10-26(23)30(24)20-25/h3-18,20H,19H2,1-2H3. The van der Waals surface area contributed by atoms with E-state index in [1.165, 1.54) is 72.0 Å². The predicted octanol–water partition coefficient (Wildman–Crippen LogP) is 8.64. The van der Waals surface area contributed by atoms with E-state index in [0.717, 1.165) is 6.42 Å². The zero-order valence-electron chi connectivity index (χ0n) is 19.5. The van der Waals surface area contributed by atoms with Gasteiger partial charge in [0.05, 0.1) is 11.0 Å². The van der Waals surface area contributed by atoms with Gasteiger partial charge in [-0.25, -0.2) is 0 Å². The molecule has 0 atom stereocenters. The lowest BCUT2D eigenvalue weighted by atomic mass is 9.94. The highest BCUT2D eigenvalue weighted by Crippen LogP contribution is 2.40. The molecule has 34 heavy (non-hydrogen) atoms. The molecular formula is C33H25N. The van der Waals surface area contributed by atoms with Gasteiger partial charge in [0, 0.05) is 16.5 Å². The lowest BCUT2D eigenvalue weighted by Gasteiger charge is -2.16. The fraction of sp³-hybridized carbons (Fsp3) is 0.0909. The fourth-order valence-corrected chi connectivity index (χ4v) is 5.83. The fourth-order valence-electron chi connectivity index (χ4n) is 5.83. The van der Waals surface area contributed by atoms with E-state index in [9.17, 15) is 0 Å². The van der Waals surface area contributed by atoms with Crippen molar-refractivity contribution in [3.8, 4) is 27.9 Å². The second-order valence-electron chi connectivity index (χ2n) is 9.53. The summed E-state index contributed by atoms with van der Waals surface area (Å²) in [6, 6.07) is 38.0. The molecule has 1 heterocycles. The largest absolute Gasteiger partial charge is 0.309 e. The van der Waals surface area contributed by atoms with Gasteiger partial charge in [0.15, 0.2) is 0 Å². The van der Waals surface area contributed by atoms with E-state index in [1.807, 2.05) is 0 Å². The van der Waals surface area contributed by atoms with E-state index < -0.39 is 0 Å². The third-order valence-corrected chi connectivity index (χ3v) is 7.47. The van der Waals surface area contributed by atoms with Crippen LogP contribution >= 0.6 is 0 Å². The van der Waals surface area contributed by atoms with Crippen LogP contribution in [0.25, 0.3) is 49.7 Å². The highest BCUT2D eigenvalue weighted by atomic mass is 15.0. The summed E-state index contributed by atoms with van der Waals surface area (Å²) in [4.78, 5) is 0. The maximum absolute atomic E-state index is 2.43. The maximum atomic E-state index is 2.43. The Hall–Kier alpha value is -4.10. The zero-order valence-corrected chi connectivity index (χ0v) is 19.5. The lowest BCUT2D eigenvalue weighted by Crippen LogP contribution is -1.99. The number of rotatable bonds is 2. The monoisotopic (exact) mass is 435 g/mol. The zero-order chi connectivity index (χ0) is 22.8. The van der Waals surface area contributed by atoms with Gasteiger partial charge >= 0.3 is 0 Å². The molecule has 162 valence electrons. The van der Waals surface area contributed by atoms with Crippen LogP contribution in [0.1, 0.15) is 22.3 Å². The van der Waals surface area contributed by atoms with Crippen LogP contribution in [0.4, 0.5) is 0 Å². The molecule has 0 fully saturated rings. The van der Waals surface area contributed by atoms with Gasteiger partial charge in [-0.2, -0.15) is 0 Å². The molecule has 0 spiro atoms. The van der Waals surface area contributed by atoms with E-state index in [4.69, 9.17) is 0 Å². The Kier molecular flexibility index (Phi) is 4.10. The molecule has 0 amide bonds. The Labute approximate surface area is 199 Å². The number of aromatic nitrogens is 1. The van der Waals surface area contributed by atoms with Crippen LogP contribution in [-0.4, -0.2) is 4.57 Å². The van der Waals surface area contributed by atoms with Crippen molar-refractivity contribution in [2.75, 3.05) is 0 Å². The van der Waals surface area contributed by atoms with Crippen molar-refractivity contribution in [1.29, 1.82) is 0 Å². The third-order valence-electron chi connectivity index (χ3n) is 7.47. The number of nitrogens with zero attached hydrogens (tertiary/aromatic N) is 1. The highest BCUT2D eigenvalue weighted by Gasteiger charge is 2.19. The minimum absolute atomic E-state index is 1.04. The first-order chi connectivity index (χ1) is 16.7. The first-order valence-corrected chi connectivity index (χ1v) is 12.0. The number of hydrogen-bond donors (Lipinski definition) is 0. The minimum Gasteiger partial charge on any atom is -0.309 e. The van der Waals surface area contributed by atoms with Crippen molar-refractivity contribution < 1.29 is 0 Å². The van der Waals surface area contributed by atoms with Gasteiger partial charge in [0.1, 0.15) is 0 Å². The summed E-state index contributed by atoms with van der Waals surface area (Å²) in [5.74, 6) is 0. The highest BCUT2D eigenvalue weighted by molar-refractivity contribution is 6.09. The molecule has 0 saturated carbocycles. The Morgan fingerprint density at radius 2 is 1.18 bits per heavy atom. The summed E-state index contributed by atoms with van der Waals surface area (Å²) >= 11 is 0. The third kappa shape index (κ3) is 2.74. The van der Waals surface area contributed by atoms with Gasteiger partial charge in [0.25, 0.3) is 0 Å². The van der Waals surface area contributed by atoms with E-state index >= 15 is 0 Å². The normalized spacial score (nSPS) is 12.3. The Morgan fingerprint density at radius 1 is 0.529 bits per heavy atom. The van der Waals surface area contributed by atoms with Crippen molar-refractivity contribution in [3.05, 3.63) is 125 Å². The van der Waals surface area contributed by atoms with Crippen LogP contribution in [0.15, 0.2) is 103 Å². The number of aryl methyl sites for hydroxylation is 2. The first-order valence-electron chi connectivity index (χ1n) is 12.0. The van der Waals surface area contributed by atoms with Crippen molar-refractivity contribution in [1.82, 2.24) is 4.57 Å². The van der Waals surface area contributed by atoms with Crippen molar-refractivity contribution >= 4 is 21.8 Å². The summed E-state index contributed by atoms with van der Waals surface area (Å²) < 4.78 is 2.43. The van der Waals surface area contributed by atoms with Crippen LogP contribution in [0.5, 0.6) is 0 Å².